The van der Waals surface area contributed by atoms with Crippen molar-refractivity contribution in [3.63, 3.8) is 0 Å². The van der Waals surface area contributed by atoms with E-state index in [1.54, 1.807) is 18.2 Å². The summed E-state index contributed by atoms with van der Waals surface area (Å²) in [6.45, 7) is 0. The second-order valence-corrected chi connectivity index (χ2v) is 9.24. The van der Waals surface area contributed by atoms with Crippen LogP contribution >= 0.6 is 0 Å². The molecule has 3 N–H and O–H groups in total. The molecule has 0 aliphatic rings. The van der Waals surface area contributed by atoms with Crippen molar-refractivity contribution in [2.45, 2.75) is 0 Å². The summed E-state index contributed by atoms with van der Waals surface area (Å²) in [7, 11) is 0. The normalized spacial score (nSPS) is 12.1. The summed E-state index contributed by atoms with van der Waals surface area (Å²) in [4.78, 5) is 10.4. The minimum atomic E-state index is -5.21. The SMILES string of the molecule is O=[N+]([O-])c1ccc(C(N=Nc2ccccc2[As](=O)(O)O)=NNc2ccccc2)cc1. The number of nitro benzene ring substituents is 1. The Balaban J connectivity index is 1.98. The van der Waals surface area contributed by atoms with Crippen LogP contribution in [0.3, 0.4) is 0 Å². The number of nitrogens with one attached hydrogen (secondary N) is 1. The molecule has 3 aromatic carbocycles. The van der Waals surface area contributed by atoms with Gasteiger partial charge in [0.05, 0.1) is 0 Å². The topological polar surface area (TPSA) is 150 Å². The Labute approximate surface area is 173 Å². The Morgan fingerprint density at radius 2 is 1.57 bits per heavy atom. The monoisotopic (exact) mass is 469 g/mol. The molecule has 0 fully saturated rings. The van der Waals surface area contributed by atoms with Gasteiger partial charge in [0.25, 0.3) is 0 Å². The zero-order chi connectivity index (χ0) is 21.6. The summed E-state index contributed by atoms with van der Waals surface area (Å²) in [5.41, 5.74) is 3.82. The molecule has 11 heteroatoms. The number of benzene rings is 3. The maximum absolute atomic E-state index is 11.7. The van der Waals surface area contributed by atoms with E-state index in [-0.39, 0.29) is 21.6 Å². The van der Waals surface area contributed by atoms with Crippen LogP contribution in [0, 0.1) is 10.1 Å². The number of azo groups is 1. The number of para-hydroxylation sites is 1. The van der Waals surface area contributed by atoms with Gasteiger partial charge in [-0.3, -0.25) is 0 Å². The van der Waals surface area contributed by atoms with Crippen LogP contribution in [0.15, 0.2) is 94.2 Å². The van der Waals surface area contributed by atoms with E-state index in [2.05, 4.69) is 20.8 Å². The molecule has 3 rings (SSSR count). The van der Waals surface area contributed by atoms with Crippen molar-refractivity contribution in [3.8, 4) is 0 Å². The summed E-state index contributed by atoms with van der Waals surface area (Å²) in [6, 6.07) is 20.3. The maximum atomic E-state index is 11.7. The molecule has 0 atom stereocenters. The number of nitro groups is 1. The first kappa shape index (κ1) is 21.1. The fourth-order valence-electron chi connectivity index (χ4n) is 2.40. The van der Waals surface area contributed by atoms with Crippen molar-refractivity contribution >= 4 is 41.4 Å². The number of amidine groups is 1. The van der Waals surface area contributed by atoms with Crippen molar-refractivity contribution in [2.24, 2.45) is 15.3 Å². The van der Waals surface area contributed by atoms with Crippen molar-refractivity contribution in [1.29, 1.82) is 0 Å². The van der Waals surface area contributed by atoms with E-state index < -0.39 is 19.1 Å². The van der Waals surface area contributed by atoms with Gasteiger partial charge in [-0.2, -0.15) is 0 Å². The van der Waals surface area contributed by atoms with Gasteiger partial charge in [0.2, 0.25) is 0 Å². The van der Waals surface area contributed by atoms with E-state index in [9.17, 15) is 22.0 Å². The summed E-state index contributed by atoms with van der Waals surface area (Å²) in [5, 5.41) is 23.1. The number of hydrogen-bond acceptors (Lipinski definition) is 6. The van der Waals surface area contributed by atoms with Gasteiger partial charge >= 0.3 is 174 Å². The zero-order valence-corrected chi connectivity index (χ0v) is 17.2. The minimum absolute atomic E-state index is 0.0133. The Bertz CT molecular complexity index is 1140. The van der Waals surface area contributed by atoms with Crippen LogP contribution in [-0.4, -0.2) is 33.1 Å². The third kappa shape index (κ3) is 5.48. The van der Waals surface area contributed by atoms with Crippen LogP contribution < -0.4 is 9.78 Å². The van der Waals surface area contributed by atoms with Gasteiger partial charge < -0.3 is 0 Å². The van der Waals surface area contributed by atoms with E-state index in [1.807, 2.05) is 18.2 Å². The summed E-state index contributed by atoms with van der Waals surface area (Å²) >= 11 is -5.21. The molecule has 0 spiro atoms. The summed E-state index contributed by atoms with van der Waals surface area (Å²) in [6.07, 6.45) is 0. The van der Waals surface area contributed by atoms with Crippen LogP contribution in [-0.2, 0) is 3.74 Å². The van der Waals surface area contributed by atoms with E-state index in [0.717, 1.165) is 0 Å². The fourth-order valence-corrected chi connectivity index (χ4v) is 3.87. The number of non-ortho nitro benzene ring substituents is 1. The van der Waals surface area contributed by atoms with Gasteiger partial charge in [0.1, 0.15) is 0 Å². The molecule has 152 valence electrons. The van der Waals surface area contributed by atoms with Crippen molar-refractivity contribution in [2.75, 3.05) is 5.43 Å². The Morgan fingerprint density at radius 3 is 2.20 bits per heavy atom. The van der Waals surface area contributed by atoms with Crippen LogP contribution in [0.25, 0.3) is 0 Å². The van der Waals surface area contributed by atoms with Crippen LogP contribution in [0.1, 0.15) is 5.56 Å². The third-order valence-corrected chi connectivity index (χ3v) is 5.96. The number of rotatable bonds is 6. The Kier molecular flexibility index (Phi) is 6.53. The predicted octanol–water partition coefficient (Wildman–Crippen LogP) is 2.71. The number of hydrazone groups is 1. The molecule has 10 nitrogen and oxygen atoms in total. The molecular formula is C19H16AsN5O5. The van der Waals surface area contributed by atoms with Crippen LogP contribution in [0.4, 0.5) is 17.1 Å². The van der Waals surface area contributed by atoms with E-state index in [1.165, 1.54) is 42.5 Å². The second-order valence-electron chi connectivity index (χ2n) is 5.95. The van der Waals surface area contributed by atoms with Gasteiger partial charge in [-0.15, -0.1) is 0 Å². The summed E-state index contributed by atoms with van der Waals surface area (Å²) < 4.78 is 30.6. The molecule has 0 aliphatic carbocycles. The van der Waals surface area contributed by atoms with Crippen molar-refractivity contribution in [1.82, 2.24) is 0 Å². The van der Waals surface area contributed by atoms with Crippen molar-refractivity contribution in [3.05, 3.63) is 94.5 Å². The zero-order valence-electron chi connectivity index (χ0n) is 15.4. The van der Waals surface area contributed by atoms with Gasteiger partial charge in [0, 0.05) is 0 Å². The standard InChI is InChI=1S/C19H16AsN5O5/c26-20(27,28)17-8-4-5-9-18(17)22-24-19(23-21-15-6-2-1-3-7-15)14-10-12-16(13-11-14)25(29)30/h1-13,21H,(H2,26,27,28). The molecule has 0 heterocycles. The number of anilines is 1. The molecule has 0 radical (unpaired) electrons. The number of hydrogen-bond donors (Lipinski definition) is 3. The molecule has 0 unspecified atom stereocenters. The van der Waals surface area contributed by atoms with Gasteiger partial charge in [-0.05, 0) is 0 Å². The first-order chi connectivity index (χ1) is 14.3. The van der Waals surface area contributed by atoms with Crippen molar-refractivity contribution < 1.29 is 16.9 Å². The van der Waals surface area contributed by atoms with Gasteiger partial charge in [0.15, 0.2) is 0 Å². The van der Waals surface area contributed by atoms with Gasteiger partial charge in [-0.1, -0.05) is 0 Å². The van der Waals surface area contributed by atoms with Crippen LogP contribution in [0.2, 0.25) is 0 Å². The third-order valence-electron chi connectivity index (χ3n) is 3.85. The number of nitrogens with zero attached hydrogens (tertiary/aromatic N) is 4. The van der Waals surface area contributed by atoms with Crippen LogP contribution in [0.5, 0.6) is 0 Å². The molecule has 0 bridgehead atoms. The summed E-state index contributed by atoms with van der Waals surface area (Å²) in [5.74, 6) is 0.0709. The fraction of sp³-hybridized carbons (Fsp3) is 0. The second kappa shape index (κ2) is 9.27. The molecule has 3 aromatic rings. The predicted molar refractivity (Wildman–Crippen MR) is 111 cm³/mol. The average Bonchev–Trinajstić information content (AvgIpc) is 2.74. The first-order valence-corrected chi connectivity index (χ1v) is 11.9. The van der Waals surface area contributed by atoms with E-state index in [4.69, 9.17) is 0 Å². The van der Waals surface area contributed by atoms with Gasteiger partial charge in [-0.25, -0.2) is 0 Å². The molecule has 0 amide bonds. The molecule has 0 saturated heterocycles. The Morgan fingerprint density at radius 1 is 0.933 bits per heavy atom. The quantitative estimate of drug-likeness (QED) is 0.126. The Hall–Kier alpha value is -3.59. The molecule has 0 saturated carbocycles. The van der Waals surface area contributed by atoms with E-state index in [0.29, 0.717) is 11.3 Å². The molecule has 0 aliphatic heterocycles. The molecule has 30 heavy (non-hydrogen) atoms. The first-order valence-electron chi connectivity index (χ1n) is 8.55. The average molecular weight is 469 g/mol. The molecular weight excluding hydrogens is 453 g/mol. The molecule has 0 aromatic heterocycles. The van der Waals surface area contributed by atoms with E-state index >= 15 is 0 Å².